The second-order valence-corrected chi connectivity index (χ2v) is 9.94. The van der Waals surface area contributed by atoms with E-state index in [9.17, 15) is 4.21 Å². The Balaban J connectivity index is 2.34. The first kappa shape index (κ1) is 17.7. The number of halogens is 2. The standard InChI is InChI=1S/C18H18Br2N2OS/c1-12(2)22-16-11-13(19)9-10-15(16)17(20)18(22)21-24(3,23)14-7-5-4-6-8-14/h4-12H,1-3H3. The first-order valence-electron chi connectivity index (χ1n) is 7.57. The van der Waals surface area contributed by atoms with Crippen molar-refractivity contribution in [1.29, 1.82) is 0 Å². The van der Waals surface area contributed by atoms with Gasteiger partial charge in [0.25, 0.3) is 0 Å². The largest absolute Gasteiger partial charge is 0.322 e. The van der Waals surface area contributed by atoms with Gasteiger partial charge < -0.3 is 4.57 Å². The van der Waals surface area contributed by atoms with Crippen molar-refractivity contribution in [3.8, 4) is 0 Å². The molecule has 0 spiro atoms. The number of fused-ring (bicyclic) bond motifs is 1. The molecular weight excluding hydrogens is 452 g/mol. The summed E-state index contributed by atoms with van der Waals surface area (Å²) >= 11 is 7.20. The van der Waals surface area contributed by atoms with Crippen LogP contribution >= 0.6 is 31.9 Å². The van der Waals surface area contributed by atoms with Gasteiger partial charge in [0.05, 0.1) is 19.7 Å². The fourth-order valence-corrected chi connectivity index (χ4v) is 5.09. The third kappa shape index (κ3) is 3.19. The van der Waals surface area contributed by atoms with Crippen molar-refractivity contribution >= 4 is 58.3 Å². The number of rotatable bonds is 3. The highest BCUT2D eigenvalue weighted by molar-refractivity contribution is 9.11. The van der Waals surface area contributed by atoms with Crippen molar-refractivity contribution in [3.63, 3.8) is 0 Å². The summed E-state index contributed by atoms with van der Waals surface area (Å²) in [6, 6.07) is 15.7. The quantitative estimate of drug-likeness (QED) is 0.429. The summed E-state index contributed by atoms with van der Waals surface area (Å²) in [4.78, 5) is 0.735. The lowest BCUT2D eigenvalue weighted by Crippen LogP contribution is -2.02. The molecule has 0 saturated carbocycles. The van der Waals surface area contributed by atoms with Gasteiger partial charge in [0.15, 0.2) is 5.82 Å². The molecule has 0 bridgehead atoms. The lowest BCUT2D eigenvalue weighted by Gasteiger charge is -2.13. The van der Waals surface area contributed by atoms with E-state index in [1.165, 1.54) is 0 Å². The van der Waals surface area contributed by atoms with E-state index in [2.05, 4.69) is 60.7 Å². The molecule has 0 aliphatic heterocycles. The normalized spacial score (nSPS) is 14.1. The molecular formula is C18H18Br2N2OS. The van der Waals surface area contributed by atoms with Crippen LogP contribution in [0.15, 0.2) is 66.7 Å². The molecule has 126 valence electrons. The van der Waals surface area contributed by atoms with Crippen LogP contribution in [-0.2, 0) is 9.73 Å². The van der Waals surface area contributed by atoms with E-state index >= 15 is 0 Å². The molecule has 0 aliphatic rings. The fourth-order valence-electron chi connectivity index (χ4n) is 2.73. The van der Waals surface area contributed by atoms with Crippen molar-refractivity contribution in [2.24, 2.45) is 4.36 Å². The summed E-state index contributed by atoms with van der Waals surface area (Å²) in [7, 11) is -2.54. The van der Waals surface area contributed by atoms with Gasteiger partial charge in [0.1, 0.15) is 0 Å². The minimum absolute atomic E-state index is 0.192. The van der Waals surface area contributed by atoms with E-state index in [0.29, 0.717) is 0 Å². The lowest BCUT2D eigenvalue weighted by molar-refractivity contribution is 0.625. The van der Waals surface area contributed by atoms with Crippen molar-refractivity contribution in [3.05, 3.63) is 57.5 Å². The number of aromatic nitrogens is 1. The maximum absolute atomic E-state index is 13.2. The molecule has 6 heteroatoms. The number of benzene rings is 2. The molecule has 0 aliphatic carbocycles. The average Bonchev–Trinajstić information content (AvgIpc) is 2.79. The summed E-state index contributed by atoms with van der Waals surface area (Å²) in [5, 5.41) is 1.06. The zero-order valence-corrected chi connectivity index (χ0v) is 17.7. The van der Waals surface area contributed by atoms with Crippen molar-refractivity contribution in [1.82, 2.24) is 4.57 Å². The van der Waals surface area contributed by atoms with Gasteiger partial charge in [-0.25, -0.2) is 4.21 Å². The van der Waals surface area contributed by atoms with Gasteiger partial charge >= 0.3 is 0 Å². The number of hydrogen-bond acceptors (Lipinski definition) is 2. The van der Waals surface area contributed by atoms with Gasteiger partial charge in [-0.2, -0.15) is 4.36 Å². The molecule has 1 atom stereocenters. The van der Waals surface area contributed by atoms with E-state index in [0.717, 1.165) is 30.6 Å². The molecule has 3 rings (SSSR count). The van der Waals surface area contributed by atoms with Crippen LogP contribution in [0.2, 0.25) is 0 Å². The molecule has 2 aromatic carbocycles. The second kappa shape index (κ2) is 6.65. The lowest BCUT2D eigenvalue weighted by atomic mass is 10.2. The van der Waals surface area contributed by atoms with E-state index in [-0.39, 0.29) is 6.04 Å². The van der Waals surface area contributed by atoms with Crippen LogP contribution in [0.3, 0.4) is 0 Å². The molecule has 0 saturated heterocycles. The topological polar surface area (TPSA) is 34.4 Å². The van der Waals surface area contributed by atoms with Crippen LogP contribution in [0.4, 0.5) is 5.82 Å². The molecule has 3 aromatic rings. The molecule has 3 nitrogen and oxygen atoms in total. The third-order valence-corrected chi connectivity index (χ3v) is 6.78. The van der Waals surface area contributed by atoms with Gasteiger partial charge in [-0.3, -0.25) is 0 Å². The third-order valence-electron chi connectivity index (χ3n) is 3.84. The summed E-state index contributed by atoms with van der Waals surface area (Å²) < 4.78 is 21.9. The maximum Gasteiger partial charge on any atom is 0.158 e. The minimum atomic E-state index is -2.54. The van der Waals surface area contributed by atoms with Gasteiger partial charge in [-0.1, -0.05) is 40.2 Å². The molecule has 1 heterocycles. The predicted molar refractivity (Wildman–Crippen MR) is 109 cm³/mol. The summed E-state index contributed by atoms with van der Waals surface area (Å²) in [5.74, 6) is 0.717. The Morgan fingerprint density at radius 1 is 1.08 bits per heavy atom. The number of nitrogens with zero attached hydrogens (tertiary/aromatic N) is 2. The van der Waals surface area contributed by atoms with E-state index < -0.39 is 9.73 Å². The highest BCUT2D eigenvalue weighted by atomic mass is 79.9. The Hall–Kier alpha value is -1.11. The summed E-state index contributed by atoms with van der Waals surface area (Å²) in [5.41, 5.74) is 1.06. The SMILES string of the molecule is CC(C)n1c(N=S(C)(=O)c2ccccc2)c(Br)c2ccc(Br)cc21. The second-order valence-electron chi connectivity index (χ2n) is 5.97. The fraction of sp³-hybridized carbons (Fsp3) is 0.222. The molecule has 0 N–H and O–H groups in total. The van der Waals surface area contributed by atoms with Crippen LogP contribution in [0.5, 0.6) is 0 Å². The van der Waals surface area contributed by atoms with Gasteiger partial charge in [-0.05, 0) is 54.0 Å². The number of hydrogen-bond donors (Lipinski definition) is 0. The zero-order chi connectivity index (χ0) is 17.5. The van der Waals surface area contributed by atoms with Crippen LogP contribution in [0, 0.1) is 0 Å². The van der Waals surface area contributed by atoms with E-state index in [1.54, 1.807) is 6.26 Å². The van der Waals surface area contributed by atoms with Crippen molar-refractivity contribution < 1.29 is 4.21 Å². The first-order valence-corrected chi connectivity index (χ1v) is 11.1. The highest BCUT2D eigenvalue weighted by Gasteiger charge is 2.19. The highest BCUT2D eigenvalue weighted by Crippen LogP contribution is 2.41. The summed E-state index contributed by atoms with van der Waals surface area (Å²) in [6.45, 7) is 4.21. The minimum Gasteiger partial charge on any atom is -0.322 e. The average molecular weight is 470 g/mol. The Kier molecular flexibility index (Phi) is 4.91. The smallest absolute Gasteiger partial charge is 0.158 e. The zero-order valence-electron chi connectivity index (χ0n) is 13.7. The molecule has 1 unspecified atom stereocenters. The van der Waals surface area contributed by atoms with Gasteiger partial charge in [0, 0.05) is 27.1 Å². The predicted octanol–water partition coefficient (Wildman–Crippen LogP) is 6.54. The molecule has 0 amide bonds. The van der Waals surface area contributed by atoms with Crippen LogP contribution < -0.4 is 0 Å². The molecule has 1 aromatic heterocycles. The van der Waals surface area contributed by atoms with Gasteiger partial charge in [0.2, 0.25) is 0 Å². The Morgan fingerprint density at radius 3 is 2.38 bits per heavy atom. The van der Waals surface area contributed by atoms with Crippen LogP contribution in [0.25, 0.3) is 10.9 Å². The molecule has 0 fully saturated rings. The van der Waals surface area contributed by atoms with Crippen LogP contribution in [0.1, 0.15) is 19.9 Å². The first-order chi connectivity index (χ1) is 11.3. The maximum atomic E-state index is 13.2. The Morgan fingerprint density at radius 2 is 1.75 bits per heavy atom. The summed E-state index contributed by atoms with van der Waals surface area (Å²) in [6.07, 6.45) is 1.69. The Labute approximate surface area is 159 Å². The van der Waals surface area contributed by atoms with Crippen LogP contribution in [-0.4, -0.2) is 15.0 Å². The van der Waals surface area contributed by atoms with E-state index in [1.807, 2.05) is 42.5 Å². The van der Waals surface area contributed by atoms with Crippen molar-refractivity contribution in [2.75, 3.05) is 6.26 Å². The Bertz CT molecular complexity index is 1020. The van der Waals surface area contributed by atoms with Crippen molar-refractivity contribution in [2.45, 2.75) is 24.8 Å². The van der Waals surface area contributed by atoms with Gasteiger partial charge in [-0.15, -0.1) is 0 Å². The monoisotopic (exact) mass is 468 g/mol. The molecule has 24 heavy (non-hydrogen) atoms. The van der Waals surface area contributed by atoms with E-state index in [4.69, 9.17) is 0 Å². The molecule has 0 radical (unpaired) electrons.